The standard InChI is InChI=1S/C41H43N3O12/c1-23(2)36-40(51)44(43(25(5)45)32(19-29-15-11-9-12-16-29)37(49)41(52)53-24(3)4)33(22-42(36)39(50)30-17-13-10-14-18-30)31-20-34(54-26(6)46)38(56-28(8)48)35(21-31)55-27(7)47/h9-18,20-24,32,36H,19H2,1-8H3/t32-,36?/m0/s1. The Hall–Kier alpha value is -6.64. The average molecular weight is 770 g/mol. The fourth-order valence-electron chi connectivity index (χ4n) is 6.04. The number of ether oxygens (including phenoxy) is 4. The molecule has 1 heterocycles. The van der Waals surface area contributed by atoms with Gasteiger partial charge in [-0.05, 0) is 49.6 Å². The monoisotopic (exact) mass is 769 g/mol. The first-order chi connectivity index (χ1) is 26.4. The van der Waals surface area contributed by atoms with Gasteiger partial charge in [-0.15, -0.1) is 0 Å². The molecule has 3 aromatic rings. The predicted molar refractivity (Wildman–Crippen MR) is 199 cm³/mol. The molecule has 0 aromatic heterocycles. The molecule has 2 atom stereocenters. The van der Waals surface area contributed by atoms with Crippen LogP contribution in [0.15, 0.2) is 79.0 Å². The van der Waals surface area contributed by atoms with Crippen LogP contribution in [0.4, 0.5) is 0 Å². The smallest absolute Gasteiger partial charge is 0.377 e. The second-order valence-corrected chi connectivity index (χ2v) is 13.4. The van der Waals surface area contributed by atoms with Crippen LogP contribution in [0.2, 0.25) is 0 Å². The molecule has 0 bridgehead atoms. The van der Waals surface area contributed by atoms with Crippen LogP contribution in [0.1, 0.15) is 76.9 Å². The topological polar surface area (TPSA) is 183 Å². The molecule has 56 heavy (non-hydrogen) atoms. The first-order valence-electron chi connectivity index (χ1n) is 17.7. The van der Waals surface area contributed by atoms with E-state index in [1.807, 2.05) is 0 Å². The number of hydrazine groups is 1. The van der Waals surface area contributed by atoms with Gasteiger partial charge in [-0.2, -0.15) is 0 Å². The van der Waals surface area contributed by atoms with Crippen LogP contribution in [0.5, 0.6) is 17.2 Å². The molecule has 0 N–H and O–H groups in total. The summed E-state index contributed by atoms with van der Waals surface area (Å²) in [4.78, 5) is 109. The molecule has 0 fully saturated rings. The number of carbonyl (C=O) groups is 8. The third-order valence-corrected chi connectivity index (χ3v) is 8.16. The Labute approximate surface area is 323 Å². The van der Waals surface area contributed by atoms with E-state index < -0.39 is 88.7 Å². The van der Waals surface area contributed by atoms with Gasteiger partial charge in [0.15, 0.2) is 11.5 Å². The van der Waals surface area contributed by atoms with Gasteiger partial charge in [0.05, 0.1) is 11.8 Å². The minimum atomic E-state index is -1.68. The van der Waals surface area contributed by atoms with Crippen LogP contribution in [-0.4, -0.2) is 80.5 Å². The number of hydrogen-bond acceptors (Lipinski definition) is 12. The summed E-state index contributed by atoms with van der Waals surface area (Å²) in [7, 11) is 0. The maximum atomic E-state index is 15.1. The highest BCUT2D eigenvalue weighted by Gasteiger charge is 2.48. The number of Topliss-reactive ketones (excluding diaryl/α,β-unsaturated/α-hetero) is 1. The molecule has 0 saturated carbocycles. The van der Waals surface area contributed by atoms with Crippen molar-refractivity contribution in [3.63, 3.8) is 0 Å². The van der Waals surface area contributed by atoms with Gasteiger partial charge >= 0.3 is 23.9 Å². The molecule has 0 saturated heterocycles. The van der Waals surface area contributed by atoms with Crippen molar-refractivity contribution in [1.29, 1.82) is 0 Å². The SMILES string of the molecule is CC(=O)Oc1cc(C2=CN(C(=O)c3ccccc3)C(C(C)C)C(=O)N2N(C(C)=O)[C@@H](Cc2ccccc2)C(=O)C(=O)OC(C)C)cc(OC(C)=O)c1OC(C)=O. The molecular weight excluding hydrogens is 726 g/mol. The molecule has 15 heteroatoms. The predicted octanol–water partition coefficient (Wildman–Crippen LogP) is 4.67. The lowest BCUT2D eigenvalue weighted by Crippen LogP contribution is -2.64. The Bertz CT molecular complexity index is 2020. The average Bonchev–Trinajstić information content (AvgIpc) is 3.11. The lowest BCUT2D eigenvalue weighted by atomic mass is 9.96. The fraction of sp³-hybridized carbons (Fsp3) is 0.317. The van der Waals surface area contributed by atoms with Crippen LogP contribution < -0.4 is 14.2 Å². The zero-order chi connectivity index (χ0) is 41.4. The summed E-state index contributed by atoms with van der Waals surface area (Å²) in [5, 5.41) is 1.70. The van der Waals surface area contributed by atoms with Crippen molar-refractivity contribution < 1.29 is 57.3 Å². The van der Waals surface area contributed by atoms with Crippen molar-refractivity contribution in [2.45, 2.75) is 80.0 Å². The van der Waals surface area contributed by atoms with E-state index in [4.69, 9.17) is 18.9 Å². The number of esters is 4. The van der Waals surface area contributed by atoms with E-state index >= 15 is 4.79 Å². The molecule has 3 amide bonds. The van der Waals surface area contributed by atoms with Crippen LogP contribution >= 0.6 is 0 Å². The Balaban J connectivity index is 2.13. The number of rotatable bonds is 13. The quantitative estimate of drug-likeness (QED) is 0.133. The van der Waals surface area contributed by atoms with E-state index in [0.717, 1.165) is 37.7 Å². The molecule has 15 nitrogen and oxygen atoms in total. The minimum absolute atomic E-state index is 0.114. The van der Waals surface area contributed by atoms with Crippen molar-refractivity contribution in [3.05, 3.63) is 95.7 Å². The maximum absolute atomic E-state index is 15.1. The molecule has 4 rings (SSSR count). The van der Waals surface area contributed by atoms with Gasteiger partial charge < -0.3 is 18.9 Å². The van der Waals surface area contributed by atoms with Crippen molar-refractivity contribution in [1.82, 2.24) is 14.9 Å². The van der Waals surface area contributed by atoms with Crippen molar-refractivity contribution in [2.75, 3.05) is 0 Å². The summed E-state index contributed by atoms with van der Waals surface area (Å²) in [6.45, 7) is 10.7. The Morgan fingerprint density at radius 3 is 1.71 bits per heavy atom. The summed E-state index contributed by atoms with van der Waals surface area (Å²) in [6.07, 6.45) is 0.300. The van der Waals surface area contributed by atoms with Crippen molar-refractivity contribution in [2.24, 2.45) is 5.92 Å². The minimum Gasteiger partial charge on any atom is -0.457 e. The van der Waals surface area contributed by atoms with E-state index in [2.05, 4.69) is 0 Å². The molecule has 0 aliphatic carbocycles. The summed E-state index contributed by atoms with van der Waals surface area (Å²) in [5.41, 5.74) is 0.353. The van der Waals surface area contributed by atoms with E-state index in [1.165, 1.54) is 23.2 Å². The highest BCUT2D eigenvalue weighted by atomic mass is 16.6. The second kappa shape index (κ2) is 18.1. The van der Waals surface area contributed by atoms with Gasteiger partial charge in [-0.3, -0.25) is 38.5 Å². The van der Waals surface area contributed by atoms with E-state index in [-0.39, 0.29) is 23.2 Å². The Morgan fingerprint density at radius 2 is 1.25 bits per heavy atom. The molecule has 3 aromatic carbocycles. The van der Waals surface area contributed by atoms with Gasteiger partial charge in [0.1, 0.15) is 12.1 Å². The van der Waals surface area contributed by atoms with Crippen molar-refractivity contribution >= 4 is 53.1 Å². The maximum Gasteiger partial charge on any atom is 0.377 e. The van der Waals surface area contributed by atoms with Gasteiger partial charge in [-0.1, -0.05) is 62.4 Å². The van der Waals surface area contributed by atoms with Crippen LogP contribution in [0.25, 0.3) is 5.70 Å². The summed E-state index contributed by atoms with van der Waals surface area (Å²) >= 11 is 0. The van der Waals surface area contributed by atoms with Crippen LogP contribution in [0.3, 0.4) is 0 Å². The van der Waals surface area contributed by atoms with Crippen LogP contribution in [0, 0.1) is 5.92 Å². The number of carbonyl (C=O) groups excluding carboxylic acids is 8. The molecule has 0 spiro atoms. The van der Waals surface area contributed by atoms with E-state index in [0.29, 0.717) is 5.56 Å². The third-order valence-electron chi connectivity index (χ3n) is 8.16. The van der Waals surface area contributed by atoms with Gasteiger partial charge in [0.25, 0.3) is 17.6 Å². The first kappa shape index (κ1) is 42.1. The molecule has 1 aliphatic heterocycles. The highest BCUT2D eigenvalue weighted by Crippen LogP contribution is 2.43. The zero-order valence-corrected chi connectivity index (χ0v) is 32.3. The number of hydrogen-bond donors (Lipinski definition) is 0. The van der Waals surface area contributed by atoms with Crippen molar-refractivity contribution in [3.8, 4) is 17.2 Å². The number of benzene rings is 3. The van der Waals surface area contributed by atoms with E-state index in [9.17, 15) is 33.6 Å². The second-order valence-electron chi connectivity index (χ2n) is 13.4. The van der Waals surface area contributed by atoms with E-state index in [1.54, 1.807) is 88.4 Å². The lowest BCUT2D eigenvalue weighted by molar-refractivity contribution is -0.171. The molecular formula is C41H43N3O12. The molecule has 1 unspecified atom stereocenters. The first-order valence-corrected chi connectivity index (χ1v) is 17.7. The van der Waals surface area contributed by atoms with Crippen LogP contribution in [-0.2, 0) is 44.7 Å². The normalized spacial score (nSPS) is 14.4. The highest BCUT2D eigenvalue weighted by molar-refractivity contribution is 6.36. The summed E-state index contributed by atoms with van der Waals surface area (Å²) in [6, 6.07) is 15.9. The molecule has 1 aliphatic rings. The zero-order valence-electron chi connectivity index (χ0n) is 32.3. The largest absolute Gasteiger partial charge is 0.457 e. The molecule has 294 valence electrons. The summed E-state index contributed by atoms with van der Waals surface area (Å²) in [5.74, 6) is -9.31. The van der Waals surface area contributed by atoms with Gasteiger partial charge in [0.2, 0.25) is 11.7 Å². The Morgan fingerprint density at radius 1 is 0.732 bits per heavy atom. The number of ketones is 1. The summed E-state index contributed by atoms with van der Waals surface area (Å²) < 4.78 is 21.3. The van der Waals surface area contributed by atoms with Gasteiger partial charge in [-0.25, -0.2) is 14.8 Å². The third kappa shape index (κ3) is 9.91. The van der Waals surface area contributed by atoms with Gasteiger partial charge in [0, 0.05) is 51.4 Å². The Kier molecular flexibility index (Phi) is 13.6. The number of nitrogens with zero attached hydrogens (tertiary/aromatic N) is 3. The number of amides is 3. The fourth-order valence-corrected chi connectivity index (χ4v) is 6.04. The molecule has 0 radical (unpaired) electrons. The lowest BCUT2D eigenvalue weighted by Gasteiger charge is -2.46.